The van der Waals surface area contributed by atoms with Gasteiger partial charge in [-0.25, -0.2) is 8.42 Å². The van der Waals surface area contributed by atoms with Crippen LogP contribution in [0.3, 0.4) is 0 Å². The normalized spacial score (nSPS) is 12.2. The number of rotatable bonds is 5. The van der Waals surface area contributed by atoms with Gasteiger partial charge in [0.1, 0.15) is 5.75 Å². The van der Waals surface area contributed by atoms with E-state index in [1.807, 2.05) is 0 Å². The van der Waals surface area contributed by atoms with E-state index in [0.717, 1.165) is 18.2 Å². The lowest BCUT2D eigenvalue weighted by Gasteiger charge is -2.09. The fourth-order valence-electron chi connectivity index (χ4n) is 1.38. The van der Waals surface area contributed by atoms with Gasteiger partial charge in [0.05, 0.1) is 10.5 Å². The largest absolute Gasteiger partial charge is 0.416 e. The minimum atomic E-state index is -4.65. The highest BCUT2D eigenvalue weighted by molar-refractivity contribution is 7.92. The zero-order valence-electron chi connectivity index (χ0n) is 10.3. The lowest BCUT2D eigenvalue weighted by Crippen LogP contribution is -2.33. The summed E-state index contributed by atoms with van der Waals surface area (Å²) in [5, 5.41) is 2.24. The van der Waals surface area contributed by atoms with E-state index in [4.69, 9.17) is 5.73 Å². The third-order valence-electron chi connectivity index (χ3n) is 2.31. The van der Waals surface area contributed by atoms with Crippen molar-refractivity contribution < 1.29 is 26.4 Å². The maximum absolute atomic E-state index is 12.5. The van der Waals surface area contributed by atoms with E-state index in [-0.39, 0.29) is 13.1 Å². The van der Waals surface area contributed by atoms with Crippen molar-refractivity contribution in [1.29, 1.82) is 0 Å². The van der Waals surface area contributed by atoms with Crippen LogP contribution in [0.5, 0.6) is 0 Å². The number of sulfone groups is 1. The molecule has 1 rings (SSSR count). The SMILES string of the molecule is NCCNC(=O)CS(=O)(=O)c1cccc(C(F)(F)F)c1. The number of carbonyl (C=O) groups excluding carboxylic acids is 1. The first-order chi connectivity index (χ1) is 9.16. The maximum atomic E-state index is 12.5. The van der Waals surface area contributed by atoms with Gasteiger partial charge in [-0.15, -0.1) is 0 Å². The molecule has 0 atom stereocenters. The molecule has 0 saturated heterocycles. The van der Waals surface area contributed by atoms with Crippen molar-refractivity contribution in [3.05, 3.63) is 29.8 Å². The second-order valence-electron chi connectivity index (χ2n) is 3.92. The van der Waals surface area contributed by atoms with Crippen molar-refractivity contribution in [3.63, 3.8) is 0 Å². The summed E-state index contributed by atoms with van der Waals surface area (Å²) in [5.74, 6) is -1.73. The Morgan fingerprint density at radius 1 is 1.30 bits per heavy atom. The van der Waals surface area contributed by atoms with Gasteiger partial charge in [0, 0.05) is 13.1 Å². The first-order valence-corrected chi connectivity index (χ1v) is 7.19. The minimum Gasteiger partial charge on any atom is -0.354 e. The van der Waals surface area contributed by atoms with Gasteiger partial charge in [0.2, 0.25) is 5.91 Å². The maximum Gasteiger partial charge on any atom is 0.416 e. The molecule has 0 saturated carbocycles. The summed E-state index contributed by atoms with van der Waals surface area (Å²) in [6.07, 6.45) is -4.65. The van der Waals surface area contributed by atoms with Gasteiger partial charge >= 0.3 is 6.18 Å². The average molecular weight is 310 g/mol. The molecule has 9 heteroatoms. The van der Waals surface area contributed by atoms with Gasteiger partial charge in [0.15, 0.2) is 9.84 Å². The molecule has 1 aromatic rings. The Balaban J connectivity index is 2.96. The Hall–Kier alpha value is -1.61. The third kappa shape index (κ3) is 4.49. The highest BCUT2D eigenvalue weighted by atomic mass is 32.2. The molecule has 0 bridgehead atoms. The van der Waals surface area contributed by atoms with Gasteiger partial charge in [0.25, 0.3) is 0 Å². The van der Waals surface area contributed by atoms with E-state index in [9.17, 15) is 26.4 Å². The Bertz CT molecular complexity index is 585. The fraction of sp³-hybridized carbons (Fsp3) is 0.364. The molecule has 0 aliphatic rings. The van der Waals surface area contributed by atoms with E-state index in [0.29, 0.717) is 6.07 Å². The van der Waals surface area contributed by atoms with Crippen LogP contribution in [0, 0.1) is 0 Å². The number of hydrogen-bond acceptors (Lipinski definition) is 4. The van der Waals surface area contributed by atoms with Crippen LogP contribution >= 0.6 is 0 Å². The molecule has 0 fully saturated rings. The van der Waals surface area contributed by atoms with Crippen molar-refractivity contribution in [2.45, 2.75) is 11.1 Å². The number of nitrogens with one attached hydrogen (secondary N) is 1. The molecule has 3 N–H and O–H groups in total. The Labute approximate surface area is 113 Å². The number of alkyl halides is 3. The second-order valence-corrected chi connectivity index (χ2v) is 5.91. The van der Waals surface area contributed by atoms with E-state index in [1.54, 1.807) is 0 Å². The molecule has 0 heterocycles. The molecule has 112 valence electrons. The summed E-state index contributed by atoms with van der Waals surface area (Å²) in [4.78, 5) is 10.8. The van der Waals surface area contributed by atoms with Crippen LogP contribution in [0.25, 0.3) is 0 Å². The molecular formula is C11H13F3N2O3S. The zero-order chi connectivity index (χ0) is 15.4. The zero-order valence-corrected chi connectivity index (χ0v) is 11.1. The molecule has 0 aliphatic carbocycles. The first kappa shape index (κ1) is 16.4. The van der Waals surface area contributed by atoms with Gasteiger partial charge in [-0.3, -0.25) is 4.79 Å². The highest BCUT2D eigenvalue weighted by Crippen LogP contribution is 2.30. The van der Waals surface area contributed by atoms with Gasteiger partial charge in [-0.2, -0.15) is 13.2 Å². The van der Waals surface area contributed by atoms with Crippen LogP contribution in [0.15, 0.2) is 29.2 Å². The van der Waals surface area contributed by atoms with E-state index < -0.39 is 38.1 Å². The van der Waals surface area contributed by atoms with Crippen LogP contribution in [-0.2, 0) is 20.8 Å². The number of carbonyl (C=O) groups is 1. The molecule has 0 spiro atoms. The Morgan fingerprint density at radius 3 is 2.50 bits per heavy atom. The molecule has 1 aromatic carbocycles. The van der Waals surface area contributed by atoms with E-state index >= 15 is 0 Å². The molecule has 20 heavy (non-hydrogen) atoms. The second kappa shape index (κ2) is 6.23. The van der Waals surface area contributed by atoms with Crippen molar-refractivity contribution in [1.82, 2.24) is 5.32 Å². The number of benzene rings is 1. The third-order valence-corrected chi connectivity index (χ3v) is 3.92. The highest BCUT2D eigenvalue weighted by Gasteiger charge is 2.32. The lowest BCUT2D eigenvalue weighted by atomic mass is 10.2. The summed E-state index contributed by atoms with van der Waals surface area (Å²) >= 11 is 0. The van der Waals surface area contributed by atoms with Gasteiger partial charge in [-0.05, 0) is 18.2 Å². The number of amides is 1. The summed E-state index contributed by atoms with van der Waals surface area (Å²) in [7, 11) is -4.13. The van der Waals surface area contributed by atoms with Gasteiger partial charge < -0.3 is 11.1 Å². The molecule has 0 unspecified atom stereocenters. The van der Waals surface area contributed by atoms with Crippen molar-refractivity contribution in [3.8, 4) is 0 Å². The van der Waals surface area contributed by atoms with Crippen LogP contribution in [-0.4, -0.2) is 33.2 Å². The molecular weight excluding hydrogens is 297 g/mol. The summed E-state index contributed by atoms with van der Waals surface area (Å²) in [6.45, 7) is 0.228. The van der Waals surface area contributed by atoms with Crippen LogP contribution in [0.1, 0.15) is 5.56 Å². The molecule has 5 nitrogen and oxygen atoms in total. The number of halogens is 3. The molecule has 1 amide bonds. The monoisotopic (exact) mass is 310 g/mol. The predicted molar refractivity (Wildman–Crippen MR) is 65.6 cm³/mol. The number of nitrogens with two attached hydrogens (primary N) is 1. The summed E-state index contributed by atoms with van der Waals surface area (Å²) < 4.78 is 61.1. The topological polar surface area (TPSA) is 89.3 Å². The van der Waals surface area contributed by atoms with Crippen LogP contribution in [0.4, 0.5) is 13.2 Å². The summed E-state index contributed by atoms with van der Waals surface area (Å²) in [6, 6.07) is 3.26. The van der Waals surface area contributed by atoms with Crippen LogP contribution < -0.4 is 11.1 Å². The first-order valence-electron chi connectivity index (χ1n) is 5.53. The van der Waals surface area contributed by atoms with Crippen molar-refractivity contribution in [2.24, 2.45) is 5.73 Å². The predicted octanol–water partition coefficient (Wildman–Crippen LogP) is 0.554. The van der Waals surface area contributed by atoms with Crippen molar-refractivity contribution in [2.75, 3.05) is 18.8 Å². The smallest absolute Gasteiger partial charge is 0.354 e. The fourth-order valence-corrected chi connectivity index (χ4v) is 2.59. The van der Waals surface area contributed by atoms with Crippen LogP contribution in [0.2, 0.25) is 0 Å². The quantitative estimate of drug-likeness (QED) is 0.831. The average Bonchev–Trinajstić information content (AvgIpc) is 2.35. The summed E-state index contributed by atoms with van der Waals surface area (Å²) in [5.41, 5.74) is 4.05. The van der Waals surface area contributed by atoms with E-state index in [2.05, 4.69) is 5.32 Å². The Kier molecular flexibility index (Phi) is 5.12. The molecule has 0 aromatic heterocycles. The number of hydrogen-bond donors (Lipinski definition) is 2. The molecule has 0 radical (unpaired) electrons. The van der Waals surface area contributed by atoms with E-state index in [1.165, 1.54) is 0 Å². The molecule has 0 aliphatic heterocycles. The minimum absolute atomic E-state index is 0.0942. The Morgan fingerprint density at radius 2 is 1.95 bits per heavy atom. The lowest BCUT2D eigenvalue weighted by molar-refractivity contribution is -0.137. The van der Waals surface area contributed by atoms with Gasteiger partial charge in [-0.1, -0.05) is 6.07 Å². The standard InChI is InChI=1S/C11H13F3N2O3S/c12-11(13,14)8-2-1-3-9(6-8)20(18,19)7-10(17)16-5-4-15/h1-3,6H,4-5,7,15H2,(H,16,17). The van der Waals surface area contributed by atoms with Crippen molar-refractivity contribution >= 4 is 15.7 Å².